The number of carbonyl (C=O) groups excluding carboxylic acids is 2. The average Bonchev–Trinajstić information content (AvgIpc) is 3.10. The van der Waals surface area contributed by atoms with E-state index in [0.717, 1.165) is 26.1 Å². The first kappa shape index (κ1) is 25.4. The number of ketones is 1. The van der Waals surface area contributed by atoms with Gasteiger partial charge in [0.2, 0.25) is 0 Å². The van der Waals surface area contributed by atoms with Crippen LogP contribution in [0.1, 0.15) is 50.8 Å². The predicted octanol–water partition coefficient (Wildman–Crippen LogP) is 4.77. The Morgan fingerprint density at radius 3 is 2.26 bits per heavy atom. The molecule has 2 aromatic carbocycles. The van der Waals surface area contributed by atoms with Crippen LogP contribution in [0.25, 0.3) is 5.76 Å². The largest absolute Gasteiger partial charge is 0.507 e. The van der Waals surface area contributed by atoms with Gasteiger partial charge in [-0.1, -0.05) is 32.9 Å². The highest BCUT2D eigenvalue weighted by Gasteiger charge is 2.45. The van der Waals surface area contributed by atoms with E-state index in [9.17, 15) is 19.1 Å². The minimum atomic E-state index is -0.735. The van der Waals surface area contributed by atoms with E-state index in [1.807, 2.05) is 19.1 Å². The average molecular weight is 469 g/mol. The van der Waals surface area contributed by atoms with Crippen molar-refractivity contribution in [3.05, 3.63) is 71.0 Å². The van der Waals surface area contributed by atoms with Crippen LogP contribution in [-0.2, 0) is 9.59 Å². The number of Topliss-reactive ketones (excluding diaryl/α,β-unsaturated/α-hetero) is 1. The summed E-state index contributed by atoms with van der Waals surface area (Å²) in [4.78, 5) is 29.9. The Kier molecular flexibility index (Phi) is 8.82. The minimum absolute atomic E-state index is 0.0154. The Morgan fingerprint density at radius 2 is 1.68 bits per heavy atom. The highest BCUT2D eigenvalue weighted by molar-refractivity contribution is 6.46. The molecule has 1 amide bonds. The van der Waals surface area contributed by atoms with Gasteiger partial charge in [0.25, 0.3) is 11.7 Å². The van der Waals surface area contributed by atoms with E-state index in [-0.39, 0.29) is 16.9 Å². The van der Waals surface area contributed by atoms with Crippen molar-refractivity contribution in [1.82, 2.24) is 9.80 Å². The van der Waals surface area contributed by atoms with Gasteiger partial charge < -0.3 is 19.6 Å². The number of carbonyl (C=O) groups is 2. The normalized spacial score (nSPS) is 17.6. The van der Waals surface area contributed by atoms with E-state index < -0.39 is 23.5 Å². The standard InChI is InChI=1S/C27H33FN2O4/c1-4-18-34-22-14-10-19(11-15-22)24-23(25(31)20-8-12-21(28)13-9-20)26(32)27(33)30(24)17-7-16-29(5-2)6-3/h8-15,24,31H,4-7,16-18H2,1-3H3/b25-23+/t24-/m0/s1. The third-order valence-electron chi connectivity index (χ3n) is 6.09. The molecule has 34 heavy (non-hydrogen) atoms. The Bertz CT molecular complexity index is 1010. The van der Waals surface area contributed by atoms with Crippen molar-refractivity contribution in [1.29, 1.82) is 0 Å². The van der Waals surface area contributed by atoms with E-state index >= 15 is 0 Å². The Morgan fingerprint density at radius 1 is 1.03 bits per heavy atom. The van der Waals surface area contributed by atoms with Crippen LogP contribution in [0.5, 0.6) is 5.75 Å². The summed E-state index contributed by atoms with van der Waals surface area (Å²) in [6.45, 7) is 9.76. The van der Waals surface area contributed by atoms with E-state index in [1.54, 1.807) is 12.1 Å². The molecule has 2 aromatic rings. The number of aliphatic hydroxyl groups is 1. The minimum Gasteiger partial charge on any atom is -0.507 e. The number of nitrogens with zero attached hydrogens (tertiary/aromatic N) is 2. The molecule has 1 saturated heterocycles. The molecule has 1 N–H and O–H groups in total. The van der Waals surface area contributed by atoms with Crippen molar-refractivity contribution in [2.75, 3.05) is 32.8 Å². The summed E-state index contributed by atoms with van der Waals surface area (Å²) >= 11 is 0. The Labute approximate surface area is 200 Å². The molecule has 0 bridgehead atoms. The van der Waals surface area contributed by atoms with E-state index in [4.69, 9.17) is 4.74 Å². The summed E-state index contributed by atoms with van der Waals surface area (Å²) in [6.07, 6.45) is 1.58. The number of halogens is 1. The lowest BCUT2D eigenvalue weighted by Gasteiger charge is -2.27. The van der Waals surface area contributed by atoms with Gasteiger partial charge in [-0.25, -0.2) is 4.39 Å². The van der Waals surface area contributed by atoms with Crippen molar-refractivity contribution >= 4 is 17.4 Å². The molecule has 3 rings (SSSR count). The first-order valence-corrected chi connectivity index (χ1v) is 11.9. The molecule has 0 aromatic heterocycles. The van der Waals surface area contributed by atoms with Crippen molar-refractivity contribution in [3.63, 3.8) is 0 Å². The second kappa shape index (κ2) is 11.8. The topological polar surface area (TPSA) is 70.1 Å². The van der Waals surface area contributed by atoms with Gasteiger partial charge in [-0.3, -0.25) is 9.59 Å². The zero-order chi connectivity index (χ0) is 24.7. The zero-order valence-corrected chi connectivity index (χ0v) is 20.1. The van der Waals surface area contributed by atoms with Gasteiger partial charge in [-0.2, -0.15) is 0 Å². The monoisotopic (exact) mass is 468 g/mol. The maximum atomic E-state index is 13.4. The Balaban J connectivity index is 1.99. The molecule has 0 aliphatic carbocycles. The lowest BCUT2D eigenvalue weighted by atomic mass is 9.95. The summed E-state index contributed by atoms with van der Waals surface area (Å²) in [5.74, 6) is -1.43. The molecule has 0 unspecified atom stereocenters. The van der Waals surface area contributed by atoms with Crippen LogP contribution in [-0.4, -0.2) is 59.4 Å². The summed E-state index contributed by atoms with van der Waals surface area (Å²) in [5, 5.41) is 11.0. The maximum Gasteiger partial charge on any atom is 0.295 e. The van der Waals surface area contributed by atoms with Gasteiger partial charge in [0.15, 0.2) is 0 Å². The quantitative estimate of drug-likeness (QED) is 0.292. The lowest BCUT2D eigenvalue weighted by molar-refractivity contribution is -0.140. The molecule has 1 atom stereocenters. The molecule has 6 nitrogen and oxygen atoms in total. The first-order valence-electron chi connectivity index (χ1n) is 11.9. The number of rotatable bonds is 11. The van der Waals surface area contributed by atoms with E-state index in [1.165, 1.54) is 29.2 Å². The fourth-order valence-corrected chi connectivity index (χ4v) is 4.19. The molecule has 182 valence electrons. The fourth-order valence-electron chi connectivity index (χ4n) is 4.19. The summed E-state index contributed by atoms with van der Waals surface area (Å²) in [5.41, 5.74) is 1.01. The van der Waals surface area contributed by atoms with Crippen molar-refractivity contribution in [3.8, 4) is 5.75 Å². The number of ether oxygens (including phenoxy) is 1. The van der Waals surface area contributed by atoms with Crippen LogP contribution < -0.4 is 4.74 Å². The summed E-state index contributed by atoms with van der Waals surface area (Å²) in [7, 11) is 0. The lowest BCUT2D eigenvalue weighted by Crippen LogP contribution is -2.33. The number of amides is 1. The van der Waals surface area contributed by atoms with Gasteiger partial charge in [0.1, 0.15) is 17.3 Å². The van der Waals surface area contributed by atoms with Gasteiger partial charge in [-0.15, -0.1) is 0 Å². The maximum absolute atomic E-state index is 13.4. The number of aliphatic hydroxyl groups excluding tert-OH is 1. The molecule has 0 spiro atoms. The van der Waals surface area contributed by atoms with Crippen LogP contribution in [0.4, 0.5) is 4.39 Å². The molecule has 1 heterocycles. The van der Waals surface area contributed by atoms with Crippen LogP contribution in [0.15, 0.2) is 54.1 Å². The van der Waals surface area contributed by atoms with E-state index in [0.29, 0.717) is 30.9 Å². The van der Waals surface area contributed by atoms with E-state index in [2.05, 4.69) is 18.7 Å². The van der Waals surface area contributed by atoms with Crippen LogP contribution >= 0.6 is 0 Å². The molecule has 0 saturated carbocycles. The van der Waals surface area contributed by atoms with Gasteiger partial charge in [0.05, 0.1) is 18.2 Å². The SMILES string of the molecule is CCCOc1ccc([C@H]2/C(=C(\O)c3ccc(F)cc3)C(=O)C(=O)N2CCCN(CC)CC)cc1. The van der Waals surface area contributed by atoms with Gasteiger partial charge in [-0.05, 0) is 74.4 Å². The highest BCUT2D eigenvalue weighted by atomic mass is 19.1. The molecular weight excluding hydrogens is 435 g/mol. The fraction of sp³-hybridized carbons (Fsp3) is 0.407. The van der Waals surface area contributed by atoms with Crippen LogP contribution in [0.3, 0.4) is 0 Å². The van der Waals surface area contributed by atoms with Crippen LogP contribution in [0.2, 0.25) is 0 Å². The summed E-state index contributed by atoms with van der Waals surface area (Å²) in [6, 6.07) is 11.7. The molecule has 1 aliphatic rings. The predicted molar refractivity (Wildman–Crippen MR) is 130 cm³/mol. The van der Waals surface area contributed by atoms with Crippen molar-refractivity contribution in [2.24, 2.45) is 0 Å². The van der Waals surface area contributed by atoms with Gasteiger partial charge in [0, 0.05) is 12.1 Å². The third kappa shape index (κ3) is 5.65. The second-order valence-electron chi connectivity index (χ2n) is 8.30. The number of benzene rings is 2. The second-order valence-corrected chi connectivity index (χ2v) is 8.30. The van der Waals surface area contributed by atoms with Crippen molar-refractivity contribution in [2.45, 2.75) is 39.7 Å². The van der Waals surface area contributed by atoms with Gasteiger partial charge >= 0.3 is 0 Å². The Hall–Kier alpha value is -3.19. The smallest absolute Gasteiger partial charge is 0.295 e. The number of likely N-dealkylation sites (tertiary alicyclic amines) is 1. The molecule has 1 aliphatic heterocycles. The summed E-state index contributed by atoms with van der Waals surface area (Å²) < 4.78 is 19.1. The molecule has 1 fully saturated rings. The number of hydrogen-bond donors (Lipinski definition) is 1. The van der Waals surface area contributed by atoms with Crippen LogP contribution in [0, 0.1) is 5.82 Å². The molecule has 7 heteroatoms. The number of hydrogen-bond acceptors (Lipinski definition) is 5. The molecular formula is C27H33FN2O4. The first-order chi connectivity index (χ1) is 16.4. The highest BCUT2D eigenvalue weighted by Crippen LogP contribution is 2.39. The zero-order valence-electron chi connectivity index (χ0n) is 20.1. The van der Waals surface area contributed by atoms with Crippen molar-refractivity contribution < 1.29 is 23.8 Å². The third-order valence-corrected chi connectivity index (χ3v) is 6.09. The molecule has 0 radical (unpaired) electrons.